The van der Waals surface area contributed by atoms with E-state index in [0.717, 1.165) is 6.54 Å². The maximum Gasteiger partial charge on any atom is 0.217 e. The quantitative estimate of drug-likeness (QED) is 0.627. The number of hydrogen-bond donors (Lipinski definition) is 2. The zero-order valence-corrected chi connectivity index (χ0v) is 9.17. The van der Waals surface area contributed by atoms with Crippen molar-refractivity contribution in [2.24, 2.45) is 11.7 Å². The molecular weight excluding hydrogens is 180 g/mol. The van der Waals surface area contributed by atoms with Crippen LogP contribution in [0.5, 0.6) is 0 Å². The number of carbonyl (C=O) groups is 2. The average molecular weight is 200 g/mol. The van der Waals surface area contributed by atoms with Crippen molar-refractivity contribution in [3.63, 3.8) is 0 Å². The molecule has 0 saturated carbocycles. The van der Waals surface area contributed by atoms with Gasteiger partial charge in [0.2, 0.25) is 5.91 Å². The molecule has 14 heavy (non-hydrogen) atoms. The van der Waals surface area contributed by atoms with Crippen LogP contribution in [-0.2, 0) is 9.59 Å². The van der Waals surface area contributed by atoms with Crippen LogP contribution < -0.4 is 11.1 Å². The minimum Gasteiger partial charge on any atom is -0.370 e. The Morgan fingerprint density at radius 2 is 1.93 bits per heavy atom. The van der Waals surface area contributed by atoms with Gasteiger partial charge in [0, 0.05) is 12.3 Å². The fraction of sp³-hybridized carbons (Fsp3) is 0.800. The topological polar surface area (TPSA) is 72.2 Å². The molecule has 0 aliphatic heterocycles. The molecular formula is C10H20N2O2. The van der Waals surface area contributed by atoms with Gasteiger partial charge in [-0.1, -0.05) is 20.8 Å². The molecule has 0 aromatic rings. The maximum atomic E-state index is 11.6. The van der Waals surface area contributed by atoms with Crippen LogP contribution in [0.2, 0.25) is 0 Å². The average Bonchev–Trinajstić information content (AvgIpc) is 2.10. The number of rotatable bonds is 7. The summed E-state index contributed by atoms with van der Waals surface area (Å²) in [4.78, 5) is 22.2. The predicted octanol–water partition coefficient (Wildman–Crippen LogP) is 0.455. The highest BCUT2D eigenvalue weighted by atomic mass is 16.1. The van der Waals surface area contributed by atoms with Gasteiger partial charge in [-0.3, -0.25) is 9.59 Å². The van der Waals surface area contributed by atoms with E-state index in [9.17, 15) is 9.59 Å². The summed E-state index contributed by atoms with van der Waals surface area (Å²) >= 11 is 0. The molecule has 1 unspecified atom stereocenters. The molecule has 0 aromatic heterocycles. The molecule has 0 bridgehead atoms. The van der Waals surface area contributed by atoms with Gasteiger partial charge in [0.15, 0.2) is 5.78 Å². The number of Topliss-reactive ketones (excluding diaryl/α,β-unsaturated/α-hetero) is 1. The van der Waals surface area contributed by atoms with Crippen molar-refractivity contribution in [1.29, 1.82) is 0 Å². The highest BCUT2D eigenvalue weighted by Crippen LogP contribution is 2.05. The second kappa shape index (κ2) is 6.54. The summed E-state index contributed by atoms with van der Waals surface area (Å²) in [6.45, 7) is 6.38. The number of nitrogens with one attached hydrogen (secondary N) is 1. The molecule has 0 fully saturated rings. The number of carbonyl (C=O) groups excluding carboxylic acids is 2. The standard InChI is InChI=1S/C10H20N2O2/c1-4-12-8(5-6-9(11)13)10(14)7(2)3/h7-8,12H,4-6H2,1-3H3,(H2,11,13). The molecule has 0 heterocycles. The Labute approximate surface area is 85.2 Å². The van der Waals surface area contributed by atoms with Crippen molar-refractivity contribution in [1.82, 2.24) is 5.32 Å². The van der Waals surface area contributed by atoms with E-state index in [1.165, 1.54) is 0 Å². The Morgan fingerprint density at radius 1 is 1.36 bits per heavy atom. The van der Waals surface area contributed by atoms with Crippen LogP contribution in [0.4, 0.5) is 0 Å². The molecule has 0 radical (unpaired) electrons. The Bertz CT molecular complexity index is 202. The van der Waals surface area contributed by atoms with Crippen LogP contribution in [0.15, 0.2) is 0 Å². The molecule has 0 saturated heterocycles. The minimum atomic E-state index is -0.357. The van der Waals surface area contributed by atoms with Crippen molar-refractivity contribution in [3.05, 3.63) is 0 Å². The molecule has 0 aromatic carbocycles. The van der Waals surface area contributed by atoms with Crippen molar-refractivity contribution in [3.8, 4) is 0 Å². The van der Waals surface area contributed by atoms with Crippen molar-refractivity contribution >= 4 is 11.7 Å². The summed E-state index contributed by atoms with van der Waals surface area (Å²) in [5, 5.41) is 3.06. The third-order valence-electron chi connectivity index (χ3n) is 2.04. The van der Waals surface area contributed by atoms with Gasteiger partial charge >= 0.3 is 0 Å². The first kappa shape index (κ1) is 13.1. The summed E-state index contributed by atoms with van der Waals surface area (Å²) in [5.74, 6) is -0.218. The van der Waals surface area contributed by atoms with Gasteiger partial charge in [-0.2, -0.15) is 0 Å². The fourth-order valence-electron chi connectivity index (χ4n) is 1.28. The maximum absolute atomic E-state index is 11.6. The highest BCUT2D eigenvalue weighted by molar-refractivity contribution is 5.86. The van der Waals surface area contributed by atoms with E-state index in [2.05, 4.69) is 5.32 Å². The van der Waals surface area contributed by atoms with E-state index < -0.39 is 0 Å². The molecule has 1 atom stereocenters. The third-order valence-corrected chi connectivity index (χ3v) is 2.04. The first-order valence-corrected chi connectivity index (χ1v) is 5.04. The fourth-order valence-corrected chi connectivity index (χ4v) is 1.28. The van der Waals surface area contributed by atoms with Gasteiger partial charge in [-0.15, -0.1) is 0 Å². The second-order valence-corrected chi connectivity index (χ2v) is 3.67. The molecule has 0 aliphatic rings. The lowest BCUT2D eigenvalue weighted by Gasteiger charge is -2.17. The monoisotopic (exact) mass is 200 g/mol. The summed E-state index contributed by atoms with van der Waals surface area (Å²) in [6.07, 6.45) is 0.760. The SMILES string of the molecule is CCNC(CCC(N)=O)C(=O)C(C)C. The smallest absolute Gasteiger partial charge is 0.217 e. The van der Waals surface area contributed by atoms with Gasteiger partial charge in [0.25, 0.3) is 0 Å². The molecule has 4 heteroatoms. The molecule has 0 spiro atoms. The van der Waals surface area contributed by atoms with Crippen molar-refractivity contribution in [2.75, 3.05) is 6.54 Å². The number of hydrogen-bond acceptors (Lipinski definition) is 3. The van der Waals surface area contributed by atoms with Gasteiger partial charge < -0.3 is 11.1 Å². The number of likely N-dealkylation sites (N-methyl/N-ethyl adjacent to an activating group) is 1. The van der Waals surface area contributed by atoms with E-state index in [-0.39, 0.29) is 30.1 Å². The van der Waals surface area contributed by atoms with Gasteiger partial charge in [0.1, 0.15) is 0 Å². The Morgan fingerprint density at radius 3 is 2.29 bits per heavy atom. The second-order valence-electron chi connectivity index (χ2n) is 3.67. The van der Waals surface area contributed by atoms with E-state index in [4.69, 9.17) is 5.73 Å². The molecule has 1 amide bonds. The molecule has 0 rings (SSSR count). The number of primary amides is 1. The normalized spacial score (nSPS) is 12.9. The van der Waals surface area contributed by atoms with Gasteiger partial charge in [0.05, 0.1) is 6.04 Å². The summed E-state index contributed by atoms with van der Waals surface area (Å²) < 4.78 is 0. The van der Waals surface area contributed by atoms with E-state index in [1.54, 1.807) is 0 Å². The van der Waals surface area contributed by atoms with E-state index >= 15 is 0 Å². The van der Waals surface area contributed by atoms with Crippen molar-refractivity contribution < 1.29 is 9.59 Å². The van der Waals surface area contributed by atoms with Crippen LogP contribution in [0.3, 0.4) is 0 Å². The number of nitrogens with two attached hydrogens (primary N) is 1. The van der Waals surface area contributed by atoms with Crippen LogP contribution in [0.1, 0.15) is 33.6 Å². The number of amides is 1. The van der Waals surface area contributed by atoms with E-state index in [1.807, 2.05) is 20.8 Å². The number of ketones is 1. The zero-order valence-electron chi connectivity index (χ0n) is 9.17. The summed E-state index contributed by atoms with van der Waals surface area (Å²) in [5.41, 5.74) is 5.04. The zero-order chi connectivity index (χ0) is 11.1. The highest BCUT2D eigenvalue weighted by Gasteiger charge is 2.20. The van der Waals surface area contributed by atoms with Crippen molar-refractivity contribution in [2.45, 2.75) is 39.7 Å². The van der Waals surface area contributed by atoms with Gasteiger partial charge in [-0.25, -0.2) is 0 Å². The Hall–Kier alpha value is -0.900. The van der Waals surface area contributed by atoms with Crippen LogP contribution in [0, 0.1) is 5.92 Å². The summed E-state index contributed by atoms with van der Waals surface area (Å²) in [6, 6.07) is -0.229. The summed E-state index contributed by atoms with van der Waals surface area (Å²) in [7, 11) is 0. The molecule has 4 nitrogen and oxygen atoms in total. The largest absolute Gasteiger partial charge is 0.370 e. The lowest BCUT2D eigenvalue weighted by molar-refractivity contribution is -0.124. The Kier molecular flexibility index (Phi) is 6.12. The molecule has 0 aliphatic carbocycles. The molecule has 82 valence electrons. The Balaban J connectivity index is 4.14. The lowest BCUT2D eigenvalue weighted by Crippen LogP contribution is -2.39. The van der Waals surface area contributed by atoms with Crippen LogP contribution in [0.25, 0.3) is 0 Å². The lowest BCUT2D eigenvalue weighted by atomic mass is 9.98. The van der Waals surface area contributed by atoms with Crippen LogP contribution >= 0.6 is 0 Å². The predicted molar refractivity (Wildman–Crippen MR) is 55.7 cm³/mol. The first-order chi connectivity index (χ1) is 6.49. The third kappa shape index (κ3) is 4.97. The van der Waals surface area contributed by atoms with E-state index in [0.29, 0.717) is 6.42 Å². The molecule has 3 N–H and O–H groups in total. The van der Waals surface area contributed by atoms with Crippen LogP contribution in [-0.4, -0.2) is 24.3 Å². The minimum absolute atomic E-state index is 0.00748. The first-order valence-electron chi connectivity index (χ1n) is 5.04. The van der Waals surface area contributed by atoms with Gasteiger partial charge in [-0.05, 0) is 13.0 Å².